The van der Waals surface area contributed by atoms with Gasteiger partial charge in [-0.05, 0) is 42.0 Å². The zero-order chi connectivity index (χ0) is 15.1. The second-order valence-corrected chi connectivity index (χ2v) is 6.61. The third-order valence-corrected chi connectivity index (χ3v) is 5.50. The van der Waals surface area contributed by atoms with Gasteiger partial charge >= 0.3 is 0 Å². The Hall–Kier alpha value is -2.09. The molecule has 2 fully saturated rings. The van der Waals surface area contributed by atoms with Crippen LogP contribution in [0.1, 0.15) is 42.2 Å². The predicted octanol–water partition coefficient (Wildman–Crippen LogP) is 4.26. The Morgan fingerprint density at radius 1 is 0.864 bits per heavy atom. The smallest absolute Gasteiger partial charge is 0.144 e. The fourth-order valence-electron chi connectivity index (χ4n) is 4.59. The number of ketones is 1. The van der Waals surface area contributed by atoms with Crippen molar-refractivity contribution >= 4 is 5.78 Å². The van der Waals surface area contributed by atoms with E-state index in [0.29, 0.717) is 11.7 Å². The molecule has 0 amide bonds. The van der Waals surface area contributed by atoms with Gasteiger partial charge in [-0.1, -0.05) is 48.9 Å². The first kappa shape index (κ1) is 13.6. The number of aromatic hydroxyl groups is 1. The Morgan fingerprint density at radius 3 is 2.32 bits per heavy atom. The van der Waals surface area contributed by atoms with E-state index in [4.69, 9.17) is 0 Å². The van der Waals surface area contributed by atoms with E-state index in [1.807, 2.05) is 30.3 Å². The molecule has 4 unspecified atom stereocenters. The normalized spacial score (nSPS) is 30.5. The van der Waals surface area contributed by atoms with Crippen LogP contribution < -0.4 is 0 Å². The van der Waals surface area contributed by atoms with Crippen molar-refractivity contribution in [3.8, 4) is 5.75 Å². The second-order valence-electron chi connectivity index (χ2n) is 6.61. The van der Waals surface area contributed by atoms with Crippen LogP contribution in [0, 0.1) is 11.8 Å². The van der Waals surface area contributed by atoms with Gasteiger partial charge in [-0.15, -0.1) is 0 Å². The lowest BCUT2D eigenvalue weighted by Crippen LogP contribution is -2.15. The van der Waals surface area contributed by atoms with Crippen LogP contribution >= 0.6 is 0 Å². The highest BCUT2D eigenvalue weighted by Crippen LogP contribution is 2.56. The highest BCUT2D eigenvalue weighted by Gasteiger charge is 2.52. The molecule has 2 heteroatoms. The Kier molecular flexibility index (Phi) is 3.25. The molecule has 0 radical (unpaired) electrons. The summed E-state index contributed by atoms with van der Waals surface area (Å²) in [5, 5.41) is 9.55. The lowest BCUT2D eigenvalue weighted by molar-refractivity contribution is -0.122. The van der Waals surface area contributed by atoms with Crippen LogP contribution in [-0.4, -0.2) is 10.9 Å². The summed E-state index contributed by atoms with van der Waals surface area (Å²) in [6.45, 7) is 0. The van der Waals surface area contributed by atoms with Gasteiger partial charge < -0.3 is 5.11 Å². The van der Waals surface area contributed by atoms with E-state index in [9.17, 15) is 9.90 Å². The van der Waals surface area contributed by atoms with Crippen LogP contribution in [0.5, 0.6) is 5.75 Å². The molecule has 0 bridgehead atoms. The minimum atomic E-state index is -0.0268. The van der Waals surface area contributed by atoms with Crippen molar-refractivity contribution in [3.05, 3.63) is 65.7 Å². The van der Waals surface area contributed by atoms with Crippen molar-refractivity contribution in [2.24, 2.45) is 11.8 Å². The molecular weight excluding hydrogens is 272 g/mol. The molecule has 2 aromatic rings. The van der Waals surface area contributed by atoms with Gasteiger partial charge in [0.2, 0.25) is 0 Å². The van der Waals surface area contributed by atoms with Gasteiger partial charge in [0.25, 0.3) is 0 Å². The van der Waals surface area contributed by atoms with Crippen LogP contribution in [-0.2, 0) is 4.79 Å². The Balaban J connectivity index is 1.80. The summed E-state index contributed by atoms with van der Waals surface area (Å²) in [5.74, 6) is 1.62. The fourth-order valence-corrected chi connectivity index (χ4v) is 4.59. The van der Waals surface area contributed by atoms with Gasteiger partial charge in [0.15, 0.2) is 0 Å². The summed E-state index contributed by atoms with van der Waals surface area (Å²) < 4.78 is 0. The van der Waals surface area contributed by atoms with Gasteiger partial charge in [0, 0.05) is 11.8 Å². The van der Waals surface area contributed by atoms with Crippen LogP contribution in [0.15, 0.2) is 54.6 Å². The maximum atomic E-state index is 13.0. The number of Topliss-reactive ketones (excluding diaryl/α,β-unsaturated/α-hetero) is 1. The van der Waals surface area contributed by atoms with Crippen molar-refractivity contribution in [2.75, 3.05) is 0 Å². The molecule has 2 nitrogen and oxygen atoms in total. The molecule has 2 saturated carbocycles. The first-order chi connectivity index (χ1) is 10.8. The molecule has 1 N–H and O–H groups in total. The van der Waals surface area contributed by atoms with E-state index in [1.54, 1.807) is 12.1 Å². The highest BCUT2D eigenvalue weighted by atomic mass is 16.3. The lowest BCUT2D eigenvalue weighted by atomic mass is 9.79. The largest absolute Gasteiger partial charge is 0.508 e. The number of carbonyl (C=O) groups excluding carboxylic acids is 1. The van der Waals surface area contributed by atoms with Gasteiger partial charge in [-0.25, -0.2) is 0 Å². The number of rotatable bonds is 2. The standard InChI is InChI=1S/C20H20O2/c21-15-11-9-14(10-12-15)18-16-7-4-8-17(16)20(22)19(18)13-5-2-1-3-6-13/h1-3,5-6,9-12,16-19,21H,4,7-8H2. The van der Waals surface area contributed by atoms with E-state index in [-0.39, 0.29) is 23.5 Å². The zero-order valence-corrected chi connectivity index (χ0v) is 12.5. The van der Waals surface area contributed by atoms with Gasteiger partial charge in [-0.3, -0.25) is 4.79 Å². The number of hydrogen-bond donors (Lipinski definition) is 1. The summed E-state index contributed by atoms with van der Waals surface area (Å²) >= 11 is 0. The number of benzene rings is 2. The molecular formula is C20H20O2. The molecule has 22 heavy (non-hydrogen) atoms. The Bertz CT molecular complexity index is 675. The van der Waals surface area contributed by atoms with Crippen molar-refractivity contribution in [3.63, 3.8) is 0 Å². The summed E-state index contributed by atoms with van der Waals surface area (Å²) in [4.78, 5) is 13.0. The third kappa shape index (κ3) is 2.06. The minimum Gasteiger partial charge on any atom is -0.508 e. The number of carbonyl (C=O) groups is 1. The van der Waals surface area contributed by atoms with Gasteiger partial charge in [0.05, 0.1) is 5.92 Å². The maximum absolute atomic E-state index is 13.0. The highest BCUT2D eigenvalue weighted by molar-refractivity contribution is 5.92. The summed E-state index contributed by atoms with van der Waals surface area (Å²) in [6.07, 6.45) is 3.35. The van der Waals surface area contributed by atoms with Crippen molar-refractivity contribution in [1.82, 2.24) is 0 Å². The van der Waals surface area contributed by atoms with E-state index < -0.39 is 0 Å². The molecule has 0 heterocycles. The van der Waals surface area contributed by atoms with Crippen LogP contribution in [0.4, 0.5) is 0 Å². The molecule has 2 aliphatic rings. The molecule has 0 aliphatic heterocycles. The third-order valence-electron chi connectivity index (χ3n) is 5.50. The average Bonchev–Trinajstić information content (AvgIpc) is 3.12. The first-order valence-corrected chi connectivity index (χ1v) is 8.13. The molecule has 112 valence electrons. The van der Waals surface area contributed by atoms with E-state index in [2.05, 4.69) is 12.1 Å². The van der Waals surface area contributed by atoms with Crippen LogP contribution in [0.25, 0.3) is 0 Å². The second kappa shape index (κ2) is 5.28. The van der Waals surface area contributed by atoms with E-state index in [1.165, 1.54) is 5.56 Å². The van der Waals surface area contributed by atoms with E-state index >= 15 is 0 Å². The van der Waals surface area contributed by atoms with Gasteiger partial charge in [0.1, 0.15) is 11.5 Å². The molecule has 4 rings (SSSR count). The predicted molar refractivity (Wildman–Crippen MR) is 85.9 cm³/mol. The number of hydrogen-bond acceptors (Lipinski definition) is 2. The van der Waals surface area contributed by atoms with E-state index in [0.717, 1.165) is 24.8 Å². The molecule has 0 aromatic heterocycles. The first-order valence-electron chi connectivity index (χ1n) is 8.13. The Morgan fingerprint density at radius 2 is 1.59 bits per heavy atom. The summed E-state index contributed by atoms with van der Waals surface area (Å²) in [6, 6.07) is 17.7. The molecule has 2 aromatic carbocycles. The molecule has 0 spiro atoms. The molecule has 0 saturated heterocycles. The number of fused-ring (bicyclic) bond motifs is 1. The molecule has 2 aliphatic carbocycles. The van der Waals surface area contributed by atoms with Gasteiger partial charge in [-0.2, -0.15) is 0 Å². The van der Waals surface area contributed by atoms with Crippen LogP contribution in [0.2, 0.25) is 0 Å². The topological polar surface area (TPSA) is 37.3 Å². The van der Waals surface area contributed by atoms with Crippen molar-refractivity contribution < 1.29 is 9.90 Å². The maximum Gasteiger partial charge on any atom is 0.144 e. The molecule has 4 atom stereocenters. The zero-order valence-electron chi connectivity index (χ0n) is 12.5. The van der Waals surface area contributed by atoms with Crippen LogP contribution in [0.3, 0.4) is 0 Å². The SMILES string of the molecule is O=C1C2CCCC2C(c2ccc(O)cc2)C1c1ccccc1. The summed E-state index contributed by atoms with van der Waals surface area (Å²) in [5.41, 5.74) is 2.33. The number of phenolic OH excluding ortho intramolecular Hbond substituents is 1. The van der Waals surface area contributed by atoms with Crippen molar-refractivity contribution in [2.45, 2.75) is 31.1 Å². The summed E-state index contributed by atoms with van der Waals surface area (Å²) in [7, 11) is 0. The number of phenols is 1. The monoisotopic (exact) mass is 292 g/mol. The quantitative estimate of drug-likeness (QED) is 0.898. The lowest BCUT2D eigenvalue weighted by Gasteiger charge is -2.24. The fraction of sp³-hybridized carbons (Fsp3) is 0.350. The minimum absolute atomic E-state index is 0.0268. The van der Waals surface area contributed by atoms with Crippen molar-refractivity contribution in [1.29, 1.82) is 0 Å². The average molecular weight is 292 g/mol. The Labute approximate surface area is 130 Å².